The lowest BCUT2D eigenvalue weighted by Gasteiger charge is -2.49. The van der Waals surface area contributed by atoms with Crippen molar-refractivity contribution < 1.29 is 18.7 Å². The molecule has 4 nitrogen and oxygen atoms in total. The average Bonchev–Trinajstić information content (AvgIpc) is 3.02. The van der Waals surface area contributed by atoms with Crippen LogP contribution < -0.4 is 0 Å². The number of quaternary nitrogens is 1. The third-order valence-electron chi connectivity index (χ3n) is 9.78. The van der Waals surface area contributed by atoms with E-state index < -0.39 is 0 Å². The minimum atomic E-state index is 0.00449. The van der Waals surface area contributed by atoms with Gasteiger partial charge in [0, 0.05) is 13.2 Å². The van der Waals surface area contributed by atoms with Gasteiger partial charge in [-0.05, 0) is 50.0 Å². The van der Waals surface area contributed by atoms with Gasteiger partial charge in [0.1, 0.15) is 6.10 Å². The summed E-state index contributed by atoms with van der Waals surface area (Å²) in [5.41, 5.74) is 1.21. The van der Waals surface area contributed by atoms with E-state index in [2.05, 4.69) is 37.3 Å². The molecule has 3 aliphatic rings. The summed E-state index contributed by atoms with van der Waals surface area (Å²) >= 11 is 0. The smallest absolute Gasteiger partial charge is 0.105 e. The minimum absolute atomic E-state index is 0.00449. The van der Waals surface area contributed by atoms with Gasteiger partial charge in [-0.25, -0.2) is 0 Å². The molecule has 0 aromatic heterocycles. The molecule has 0 spiro atoms. The zero-order valence-electron chi connectivity index (χ0n) is 27.0. The number of ether oxygens (including phenoxy) is 3. The summed E-state index contributed by atoms with van der Waals surface area (Å²) in [7, 11) is 0. The van der Waals surface area contributed by atoms with Crippen molar-refractivity contribution in [2.24, 2.45) is 5.92 Å². The second-order valence-electron chi connectivity index (χ2n) is 13.3. The van der Waals surface area contributed by atoms with Gasteiger partial charge >= 0.3 is 0 Å². The number of hydrogen-bond donors (Lipinski definition) is 0. The Hall–Kier alpha value is -0.940. The molecular weight excluding hydrogens is 506 g/mol. The molecule has 0 saturated carbocycles. The third kappa shape index (κ3) is 15.9. The van der Waals surface area contributed by atoms with Gasteiger partial charge in [0.05, 0.1) is 46.0 Å². The fourth-order valence-electron chi connectivity index (χ4n) is 6.89. The molecule has 236 valence electrons. The number of unbranched alkanes of at least 4 members (excludes halogenated alkanes) is 14. The minimum Gasteiger partial charge on any atom is -0.379 e. The Labute approximate surface area is 254 Å². The summed E-state index contributed by atoms with van der Waals surface area (Å²) in [4.78, 5) is 0. The molecule has 1 aromatic carbocycles. The molecule has 1 aromatic rings. The molecule has 4 rings (SSSR count). The Bertz CT molecular complexity index is 704. The maximum atomic E-state index is 6.24. The first-order valence-electron chi connectivity index (χ1n) is 18.0. The Kier molecular flexibility index (Phi) is 19.0. The van der Waals surface area contributed by atoms with Crippen molar-refractivity contribution in [3.8, 4) is 0 Å². The van der Waals surface area contributed by atoms with Crippen LogP contribution >= 0.6 is 0 Å². The molecule has 0 radical (unpaired) electrons. The number of nitrogens with zero attached hydrogens (tertiary/aromatic N) is 1. The van der Waals surface area contributed by atoms with E-state index in [0.29, 0.717) is 19.8 Å². The van der Waals surface area contributed by atoms with Crippen LogP contribution in [0.2, 0.25) is 0 Å². The molecule has 4 heteroatoms. The van der Waals surface area contributed by atoms with E-state index in [1.54, 1.807) is 0 Å². The second kappa shape index (κ2) is 22.6. The summed E-state index contributed by atoms with van der Waals surface area (Å²) in [5.74, 6) is 1.04. The Morgan fingerprint density at radius 1 is 0.634 bits per heavy atom. The summed E-state index contributed by atoms with van der Waals surface area (Å²) in [6, 6.07) is 10.5. The molecule has 41 heavy (non-hydrogen) atoms. The van der Waals surface area contributed by atoms with Crippen LogP contribution in [0.15, 0.2) is 30.3 Å². The van der Waals surface area contributed by atoms with E-state index >= 15 is 0 Å². The number of rotatable bonds is 27. The Morgan fingerprint density at radius 2 is 1.12 bits per heavy atom. The second-order valence-corrected chi connectivity index (χ2v) is 13.3. The number of fused-ring (bicyclic) bond motifs is 3. The van der Waals surface area contributed by atoms with Crippen molar-refractivity contribution in [3.63, 3.8) is 0 Å². The van der Waals surface area contributed by atoms with Crippen LogP contribution in [-0.2, 0) is 20.8 Å². The number of benzene rings is 1. The number of hydrogen-bond acceptors (Lipinski definition) is 3. The van der Waals surface area contributed by atoms with Crippen molar-refractivity contribution >= 4 is 0 Å². The fourth-order valence-corrected chi connectivity index (χ4v) is 6.89. The summed E-state index contributed by atoms with van der Waals surface area (Å²) in [5, 5.41) is 0. The maximum absolute atomic E-state index is 6.24. The first-order valence-corrected chi connectivity index (χ1v) is 18.0. The Balaban J connectivity index is 1.17. The highest BCUT2D eigenvalue weighted by molar-refractivity contribution is 5.13. The van der Waals surface area contributed by atoms with Crippen LogP contribution in [0.4, 0.5) is 0 Å². The van der Waals surface area contributed by atoms with Gasteiger partial charge in [-0.15, -0.1) is 0 Å². The lowest BCUT2D eigenvalue weighted by molar-refractivity contribution is -0.942. The first-order chi connectivity index (χ1) is 20.3. The molecular formula is C37H66NO3+. The van der Waals surface area contributed by atoms with Crippen molar-refractivity contribution in [2.45, 2.75) is 142 Å². The fraction of sp³-hybridized carbons (Fsp3) is 0.838. The first kappa shape index (κ1) is 34.5. The standard InChI is InChI=1S/C37H66NO3/c1-2-3-4-5-6-7-8-9-10-11-12-13-14-19-30-39-33-37(41-32-36-21-16-15-17-22-36)34-40-31-20-18-26-38-27-23-35(24-28-38)25-29-38/h15-17,21-22,35,37H,2-14,18-20,23-34H2,1H3/q+1. The number of piperidine rings is 3. The summed E-state index contributed by atoms with van der Waals surface area (Å²) in [6.07, 6.45) is 26.3. The molecule has 3 fully saturated rings. The van der Waals surface area contributed by atoms with Gasteiger partial charge in [0.15, 0.2) is 0 Å². The van der Waals surface area contributed by atoms with Crippen molar-refractivity contribution in [2.75, 3.05) is 52.6 Å². The molecule has 0 aliphatic carbocycles. The molecule has 3 saturated heterocycles. The van der Waals surface area contributed by atoms with Gasteiger partial charge < -0.3 is 18.7 Å². The molecule has 2 bridgehead atoms. The van der Waals surface area contributed by atoms with Crippen molar-refractivity contribution in [1.82, 2.24) is 0 Å². The van der Waals surface area contributed by atoms with Crippen LogP contribution in [0, 0.1) is 5.92 Å². The SMILES string of the molecule is CCCCCCCCCCCCCCCCOCC(COCCCC[N+]12CCC(CC1)CC2)OCc1ccccc1. The van der Waals surface area contributed by atoms with E-state index in [1.165, 1.54) is 145 Å². The van der Waals surface area contributed by atoms with Gasteiger partial charge in [-0.2, -0.15) is 0 Å². The van der Waals surface area contributed by atoms with Crippen LogP contribution in [-0.4, -0.2) is 63.2 Å². The van der Waals surface area contributed by atoms with Crippen molar-refractivity contribution in [3.05, 3.63) is 35.9 Å². The molecule has 1 unspecified atom stereocenters. The third-order valence-corrected chi connectivity index (χ3v) is 9.78. The molecule has 0 amide bonds. The lowest BCUT2D eigenvalue weighted by atomic mass is 9.85. The molecule has 3 aliphatic heterocycles. The highest BCUT2D eigenvalue weighted by Crippen LogP contribution is 2.33. The predicted molar refractivity (Wildman–Crippen MR) is 173 cm³/mol. The van der Waals surface area contributed by atoms with Gasteiger partial charge in [0.25, 0.3) is 0 Å². The normalized spacial score (nSPS) is 21.0. The van der Waals surface area contributed by atoms with Crippen LogP contribution in [0.25, 0.3) is 0 Å². The highest BCUT2D eigenvalue weighted by atomic mass is 16.6. The zero-order valence-corrected chi connectivity index (χ0v) is 27.0. The summed E-state index contributed by atoms with van der Waals surface area (Å²) in [6.45, 7) is 11.5. The highest BCUT2D eigenvalue weighted by Gasteiger charge is 2.38. The van der Waals surface area contributed by atoms with E-state index in [4.69, 9.17) is 14.2 Å². The van der Waals surface area contributed by atoms with Gasteiger partial charge in [-0.3, -0.25) is 0 Å². The van der Waals surface area contributed by atoms with E-state index in [9.17, 15) is 0 Å². The topological polar surface area (TPSA) is 27.7 Å². The largest absolute Gasteiger partial charge is 0.379 e. The van der Waals surface area contributed by atoms with Crippen LogP contribution in [0.3, 0.4) is 0 Å². The Morgan fingerprint density at radius 3 is 1.66 bits per heavy atom. The summed E-state index contributed by atoms with van der Waals surface area (Å²) < 4.78 is 19.8. The van der Waals surface area contributed by atoms with E-state index in [1.807, 2.05) is 0 Å². The van der Waals surface area contributed by atoms with Crippen LogP contribution in [0.1, 0.15) is 134 Å². The monoisotopic (exact) mass is 573 g/mol. The molecule has 3 heterocycles. The van der Waals surface area contributed by atoms with Gasteiger partial charge in [0.2, 0.25) is 0 Å². The van der Waals surface area contributed by atoms with Crippen molar-refractivity contribution in [1.29, 1.82) is 0 Å². The molecule has 1 atom stereocenters. The average molecular weight is 573 g/mol. The van der Waals surface area contributed by atoms with E-state index in [0.717, 1.165) is 32.0 Å². The van der Waals surface area contributed by atoms with E-state index in [-0.39, 0.29) is 6.10 Å². The predicted octanol–water partition coefficient (Wildman–Crippen LogP) is 9.50. The maximum Gasteiger partial charge on any atom is 0.105 e. The van der Waals surface area contributed by atoms with Crippen LogP contribution in [0.5, 0.6) is 0 Å². The van der Waals surface area contributed by atoms with Gasteiger partial charge in [-0.1, -0.05) is 121 Å². The quantitative estimate of drug-likeness (QED) is 0.0776. The zero-order chi connectivity index (χ0) is 28.7. The molecule has 0 N–H and O–H groups in total. The lowest BCUT2D eigenvalue weighted by Crippen LogP contribution is -2.58.